The van der Waals surface area contributed by atoms with E-state index in [0.29, 0.717) is 56.7 Å². The van der Waals surface area contributed by atoms with Gasteiger partial charge in [-0.3, -0.25) is 23.9 Å². The van der Waals surface area contributed by atoms with E-state index in [1.807, 2.05) is 54.6 Å². The number of para-hydroxylation sites is 1. The number of aromatic nitrogens is 4. The summed E-state index contributed by atoms with van der Waals surface area (Å²) in [6.07, 6.45) is 3.37. The van der Waals surface area contributed by atoms with E-state index in [0.717, 1.165) is 33.0 Å². The minimum absolute atomic E-state index is 0.100. The van der Waals surface area contributed by atoms with Gasteiger partial charge in [-0.1, -0.05) is 52.3 Å². The highest BCUT2D eigenvalue weighted by molar-refractivity contribution is 9.10. The Kier molecular flexibility index (Phi) is 9.40. The van der Waals surface area contributed by atoms with Crippen molar-refractivity contribution in [3.63, 3.8) is 0 Å². The molecule has 14 heteroatoms. The predicted octanol–water partition coefficient (Wildman–Crippen LogP) is 8.56. The Balaban J connectivity index is 0.000000153. The molecule has 3 aromatic heterocycles. The lowest BCUT2D eigenvalue weighted by Crippen LogP contribution is -2.43. The fourth-order valence-electron chi connectivity index (χ4n) is 7.66. The van der Waals surface area contributed by atoms with Crippen LogP contribution in [0.5, 0.6) is 5.75 Å². The minimum atomic E-state index is -0.445. The number of ether oxygens (including phenoxy) is 1. The number of nitrogens with zero attached hydrogens (tertiary/aromatic N) is 5. The number of hydrogen-bond acceptors (Lipinski definition) is 9. The number of hydrogen-bond donors (Lipinski definition) is 1. The summed E-state index contributed by atoms with van der Waals surface area (Å²) in [5.41, 5.74) is 5.90. The Morgan fingerprint density at radius 3 is 2.19 bits per heavy atom. The molecule has 0 spiro atoms. The van der Waals surface area contributed by atoms with Crippen molar-refractivity contribution in [1.29, 1.82) is 0 Å². The van der Waals surface area contributed by atoms with Crippen LogP contribution in [0.25, 0.3) is 39.6 Å². The smallest absolute Gasteiger partial charge is 0.296 e. The molecule has 0 fully saturated rings. The summed E-state index contributed by atoms with van der Waals surface area (Å²) in [4.78, 5) is 54.3. The standard InChI is InChI=1S/C25H19N3O3.C20H14BrN3O4/c1-14-22(25(31)28(26(14)2)17-6-4-3-5-7-17)27-23(29)18-12-10-15-8-9-16-11-13-19(24(27)30)21(18)20(15)16;1-26-16-8-7-13(21)11-15(16)18(25)22-14-5-2-4-12(10-14)19-23-24-20(28-19)17-6-3-9-27-17/h3-7,10-13H,8-9H2,1-2H3;2-11H,1H3,(H,22,25). The van der Waals surface area contributed by atoms with Crippen molar-refractivity contribution < 1.29 is 28.0 Å². The molecule has 0 radical (unpaired) electrons. The molecule has 0 saturated heterocycles. The second-order valence-electron chi connectivity index (χ2n) is 13.9. The summed E-state index contributed by atoms with van der Waals surface area (Å²) in [5, 5.41) is 12.6. The van der Waals surface area contributed by atoms with Crippen LogP contribution in [0.4, 0.5) is 11.4 Å². The van der Waals surface area contributed by atoms with Gasteiger partial charge < -0.3 is 18.9 Å². The maximum absolute atomic E-state index is 13.6. The normalized spacial score (nSPS) is 12.8. The Morgan fingerprint density at radius 1 is 0.797 bits per heavy atom. The average molecular weight is 850 g/mol. The Morgan fingerprint density at radius 2 is 1.51 bits per heavy atom. The van der Waals surface area contributed by atoms with Crippen molar-refractivity contribution in [2.75, 3.05) is 17.3 Å². The second kappa shape index (κ2) is 14.9. The van der Waals surface area contributed by atoms with Gasteiger partial charge in [-0.05, 0) is 109 Å². The number of carbonyl (C=O) groups is 3. The van der Waals surface area contributed by atoms with Crippen LogP contribution < -0.4 is 20.5 Å². The number of amides is 3. The maximum atomic E-state index is 13.6. The molecule has 2 aliphatic rings. The number of halogens is 1. The van der Waals surface area contributed by atoms with Crippen molar-refractivity contribution in [2.24, 2.45) is 7.05 Å². The summed E-state index contributed by atoms with van der Waals surface area (Å²) >= 11 is 3.37. The minimum Gasteiger partial charge on any atom is -0.496 e. The van der Waals surface area contributed by atoms with Crippen molar-refractivity contribution in [1.82, 2.24) is 19.6 Å². The lowest BCUT2D eigenvalue weighted by atomic mass is 9.91. The van der Waals surface area contributed by atoms with Crippen molar-refractivity contribution in [3.8, 4) is 34.5 Å². The number of rotatable bonds is 7. The van der Waals surface area contributed by atoms with Gasteiger partial charge >= 0.3 is 0 Å². The number of imide groups is 1. The predicted molar refractivity (Wildman–Crippen MR) is 224 cm³/mol. The lowest BCUT2D eigenvalue weighted by molar-refractivity contribution is 0.0892. The SMILES string of the molecule is COc1ccc(Br)cc1C(=O)Nc1cccc(-c2nnc(-c3ccco3)o2)c1.Cc1c(N2C(=O)c3ccc4c5c(ccc(c35)C2=O)CC4)c(=O)n(-c2ccccc2)n1C. The Hall–Kier alpha value is -7.32. The molecule has 1 aliphatic heterocycles. The number of furan rings is 1. The average Bonchev–Trinajstić information content (AvgIpc) is 4.08. The van der Waals surface area contributed by atoms with Gasteiger partial charge in [0.25, 0.3) is 29.2 Å². The van der Waals surface area contributed by atoms with Crippen LogP contribution in [-0.4, -0.2) is 44.4 Å². The Labute approximate surface area is 344 Å². The van der Waals surface area contributed by atoms with Crippen LogP contribution in [0.15, 0.2) is 134 Å². The summed E-state index contributed by atoms with van der Waals surface area (Å²) in [7, 11) is 3.27. The molecule has 0 atom stereocenters. The van der Waals surface area contributed by atoms with Gasteiger partial charge in [-0.25, -0.2) is 9.58 Å². The van der Waals surface area contributed by atoms with E-state index in [9.17, 15) is 19.2 Å². The summed E-state index contributed by atoms with van der Waals surface area (Å²) in [6.45, 7) is 1.75. The molecule has 0 unspecified atom stereocenters. The molecule has 0 saturated carbocycles. The van der Waals surface area contributed by atoms with Gasteiger partial charge in [0.2, 0.25) is 5.89 Å². The maximum Gasteiger partial charge on any atom is 0.296 e. The molecule has 0 bridgehead atoms. The monoisotopic (exact) mass is 848 g/mol. The summed E-state index contributed by atoms with van der Waals surface area (Å²) in [6, 6.07) is 32.6. The topological polar surface area (TPSA) is 155 Å². The summed E-state index contributed by atoms with van der Waals surface area (Å²) in [5.74, 6) is 0.396. The van der Waals surface area contributed by atoms with Crippen LogP contribution in [0.3, 0.4) is 0 Å². The van der Waals surface area contributed by atoms with Gasteiger partial charge in [0, 0.05) is 39.3 Å². The highest BCUT2D eigenvalue weighted by atomic mass is 79.9. The first-order valence-corrected chi connectivity index (χ1v) is 19.3. The van der Waals surface area contributed by atoms with E-state index >= 15 is 0 Å². The third-order valence-electron chi connectivity index (χ3n) is 10.5. The number of aryl methyl sites for hydroxylation is 2. The van der Waals surface area contributed by atoms with Crippen LogP contribution in [0.1, 0.15) is 47.9 Å². The molecule has 8 aromatic rings. The fourth-order valence-corrected chi connectivity index (χ4v) is 8.02. The number of nitrogens with one attached hydrogen (secondary N) is 1. The van der Waals surface area contributed by atoms with Crippen molar-refractivity contribution in [2.45, 2.75) is 19.8 Å². The molecule has 1 N–H and O–H groups in total. The van der Waals surface area contributed by atoms with Gasteiger partial charge in [0.05, 0.1) is 30.3 Å². The number of anilines is 2. The first-order valence-electron chi connectivity index (χ1n) is 18.6. The van der Waals surface area contributed by atoms with Gasteiger partial charge in [-0.15, -0.1) is 10.2 Å². The third-order valence-corrected chi connectivity index (χ3v) is 11.0. The van der Waals surface area contributed by atoms with Crippen LogP contribution in [0.2, 0.25) is 0 Å². The first kappa shape index (κ1) is 37.3. The molecule has 3 amide bonds. The van der Waals surface area contributed by atoms with E-state index < -0.39 is 17.4 Å². The molecule has 13 nitrogen and oxygen atoms in total. The van der Waals surface area contributed by atoms with Crippen LogP contribution in [-0.2, 0) is 19.9 Å². The van der Waals surface area contributed by atoms with E-state index in [-0.39, 0.29) is 17.5 Å². The quantitative estimate of drug-likeness (QED) is 0.155. The van der Waals surface area contributed by atoms with E-state index in [1.54, 1.807) is 73.3 Å². The van der Waals surface area contributed by atoms with Crippen molar-refractivity contribution >= 4 is 55.8 Å². The molecule has 59 heavy (non-hydrogen) atoms. The molecule has 1 aliphatic carbocycles. The molecular formula is C45H33BrN6O7. The van der Waals surface area contributed by atoms with E-state index in [2.05, 4.69) is 31.4 Å². The van der Waals surface area contributed by atoms with Gasteiger partial charge in [0.1, 0.15) is 11.4 Å². The second-order valence-corrected chi connectivity index (χ2v) is 14.8. The van der Waals surface area contributed by atoms with Crippen LogP contribution in [0, 0.1) is 6.92 Å². The lowest BCUT2D eigenvalue weighted by Gasteiger charge is -2.26. The Bertz CT molecular complexity index is 2980. The van der Waals surface area contributed by atoms with E-state index in [4.69, 9.17) is 13.6 Å². The molecule has 4 heterocycles. The van der Waals surface area contributed by atoms with E-state index in [1.165, 1.54) is 29.2 Å². The molecular weight excluding hydrogens is 816 g/mol. The highest BCUT2D eigenvalue weighted by Gasteiger charge is 2.39. The zero-order chi connectivity index (χ0) is 40.9. The summed E-state index contributed by atoms with van der Waals surface area (Å²) < 4.78 is 20.1. The molecule has 5 aromatic carbocycles. The molecule has 292 valence electrons. The number of benzene rings is 5. The van der Waals surface area contributed by atoms with Gasteiger partial charge in [0.15, 0.2) is 5.76 Å². The highest BCUT2D eigenvalue weighted by Crippen LogP contribution is 2.39. The first-order chi connectivity index (χ1) is 28.6. The van der Waals surface area contributed by atoms with Crippen molar-refractivity contribution in [3.05, 3.63) is 164 Å². The number of carbonyl (C=O) groups excluding carboxylic acids is 3. The fraction of sp³-hybridized carbons (Fsp3) is 0.111. The van der Waals surface area contributed by atoms with Gasteiger partial charge in [-0.2, -0.15) is 0 Å². The zero-order valence-electron chi connectivity index (χ0n) is 31.9. The molecule has 10 rings (SSSR count). The largest absolute Gasteiger partial charge is 0.496 e. The van der Waals surface area contributed by atoms with Crippen LogP contribution >= 0.6 is 15.9 Å². The zero-order valence-corrected chi connectivity index (χ0v) is 33.4. The third kappa shape index (κ3) is 6.43. The number of methoxy groups -OCH3 is 1.